The van der Waals surface area contributed by atoms with E-state index in [0.29, 0.717) is 6.54 Å². The van der Waals surface area contributed by atoms with E-state index >= 15 is 0 Å². The van der Waals surface area contributed by atoms with E-state index in [4.69, 9.17) is 0 Å². The van der Waals surface area contributed by atoms with Gasteiger partial charge in [0.05, 0.1) is 12.6 Å². The Morgan fingerprint density at radius 1 is 1.33 bits per heavy atom. The lowest BCUT2D eigenvalue weighted by Gasteiger charge is -2.36. The van der Waals surface area contributed by atoms with Crippen molar-refractivity contribution in [1.82, 2.24) is 9.47 Å². The molecule has 1 aliphatic heterocycles. The Labute approximate surface area is 128 Å². The lowest BCUT2D eigenvalue weighted by molar-refractivity contribution is 0.110. The van der Waals surface area contributed by atoms with Crippen LogP contribution in [0.15, 0.2) is 34.4 Å². The molecule has 1 N–H and O–H groups in total. The largest absolute Gasteiger partial charge is 0.394 e. The van der Waals surface area contributed by atoms with Crippen LogP contribution in [0.2, 0.25) is 0 Å². The van der Waals surface area contributed by atoms with Crippen LogP contribution >= 0.6 is 11.3 Å². The zero-order valence-electron chi connectivity index (χ0n) is 12.2. The van der Waals surface area contributed by atoms with Gasteiger partial charge in [-0.1, -0.05) is 35.6 Å². The van der Waals surface area contributed by atoms with Crippen molar-refractivity contribution in [2.24, 2.45) is 0 Å². The highest BCUT2D eigenvalue weighted by atomic mass is 32.1. The Kier molecular flexibility index (Phi) is 4.24. The Morgan fingerprint density at radius 2 is 2.14 bits per heavy atom. The molecule has 1 aliphatic rings. The summed E-state index contributed by atoms with van der Waals surface area (Å²) in [5.41, 5.74) is 3.57. The third-order valence-corrected chi connectivity index (χ3v) is 5.16. The second-order valence-electron chi connectivity index (χ2n) is 5.48. The van der Waals surface area contributed by atoms with Crippen LogP contribution < -0.4 is 4.87 Å². The second kappa shape index (κ2) is 6.13. The molecule has 0 bridgehead atoms. The first-order valence-electron chi connectivity index (χ1n) is 7.28. The Balaban J connectivity index is 1.76. The minimum atomic E-state index is 0.0459. The van der Waals surface area contributed by atoms with Gasteiger partial charge in [0.2, 0.25) is 0 Å². The fraction of sp³-hybridized carbons (Fsp3) is 0.438. The maximum atomic E-state index is 11.8. The summed E-state index contributed by atoms with van der Waals surface area (Å²) in [6.45, 7) is 4.49. The third kappa shape index (κ3) is 2.81. The summed E-state index contributed by atoms with van der Waals surface area (Å²) in [5, 5.41) is 11.7. The van der Waals surface area contributed by atoms with Gasteiger partial charge in [-0.2, -0.15) is 0 Å². The third-order valence-electron chi connectivity index (χ3n) is 4.28. The average molecular weight is 304 g/mol. The van der Waals surface area contributed by atoms with Crippen LogP contribution in [0.25, 0.3) is 0 Å². The molecule has 0 fully saturated rings. The number of rotatable bonds is 4. The highest BCUT2D eigenvalue weighted by Gasteiger charge is 2.26. The van der Waals surface area contributed by atoms with Crippen molar-refractivity contribution in [2.75, 3.05) is 19.7 Å². The highest BCUT2D eigenvalue weighted by molar-refractivity contribution is 7.07. The van der Waals surface area contributed by atoms with Crippen LogP contribution in [0.1, 0.15) is 22.9 Å². The quantitative estimate of drug-likeness (QED) is 0.937. The number of aromatic nitrogens is 1. The molecule has 1 aromatic carbocycles. The van der Waals surface area contributed by atoms with E-state index in [9.17, 15) is 9.90 Å². The van der Waals surface area contributed by atoms with Crippen molar-refractivity contribution in [3.63, 3.8) is 0 Å². The Hall–Kier alpha value is -1.43. The van der Waals surface area contributed by atoms with E-state index in [2.05, 4.69) is 23.1 Å². The lowest BCUT2D eigenvalue weighted by atomic mass is 9.93. The molecule has 2 aromatic rings. The molecule has 1 aromatic heterocycles. The number of nitrogens with zero attached hydrogens (tertiary/aromatic N) is 2. The monoisotopic (exact) mass is 304 g/mol. The molecular formula is C16H20N2O2S. The van der Waals surface area contributed by atoms with Gasteiger partial charge in [-0.05, 0) is 24.5 Å². The zero-order chi connectivity index (χ0) is 14.8. The van der Waals surface area contributed by atoms with Crippen molar-refractivity contribution in [1.29, 1.82) is 0 Å². The minimum absolute atomic E-state index is 0.0459. The van der Waals surface area contributed by atoms with Crippen LogP contribution in [0, 0.1) is 6.92 Å². The van der Waals surface area contributed by atoms with Crippen molar-refractivity contribution in [3.8, 4) is 0 Å². The molecule has 0 aliphatic carbocycles. The van der Waals surface area contributed by atoms with Crippen molar-refractivity contribution >= 4 is 11.3 Å². The normalized spacial score (nSPS) is 18.7. The first kappa shape index (κ1) is 14.5. The van der Waals surface area contributed by atoms with Gasteiger partial charge in [0.25, 0.3) is 0 Å². The standard InChI is InChI=1S/C16H20N2O2S/c1-12-11-21-16(20)18(12)9-8-17-7-6-13-4-2-3-5-14(13)15(17)10-19/h2-5,11,15,19H,6-10H2,1H3. The maximum Gasteiger partial charge on any atom is 0.307 e. The molecule has 1 atom stereocenters. The molecule has 0 radical (unpaired) electrons. The predicted octanol–water partition coefficient (Wildman–Crippen LogP) is 1.81. The van der Waals surface area contributed by atoms with Crippen molar-refractivity contribution in [2.45, 2.75) is 25.9 Å². The van der Waals surface area contributed by atoms with Crippen LogP contribution in [-0.4, -0.2) is 34.3 Å². The lowest BCUT2D eigenvalue weighted by Crippen LogP contribution is -2.40. The number of aryl methyl sites for hydroxylation is 1. The van der Waals surface area contributed by atoms with E-state index in [1.807, 2.05) is 22.9 Å². The molecule has 0 amide bonds. The van der Waals surface area contributed by atoms with Gasteiger partial charge in [0, 0.05) is 30.7 Å². The van der Waals surface area contributed by atoms with Crippen LogP contribution in [-0.2, 0) is 13.0 Å². The number of thiazole rings is 1. The number of hydrogen-bond acceptors (Lipinski definition) is 4. The summed E-state index contributed by atoms with van der Waals surface area (Å²) in [6.07, 6.45) is 1.00. The van der Waals surface area contributed by atoms with Gasteiger partial charge in [-0.25, -0.2) is 0 Å². The fourth-order valence-electron chi connectivity index (χ4n) is 3.09. The fourth-order valence-corrected chi connectivity index (χ4v) is 3.85. The molecule has 0 saturated heterocycles. The number of hydrogen-bond donors (Lipinski definition) is 1. The molecular weight excluding hydrogens is 284 g/mol. The minimum Gasteiger partial charge on any atom is -0.394 e. The van der Waals surface area contributed by atoms with Crippen molar-refractivity contribution in [3.05, 3.63) is 56.1 Å². The maximum absolute atomic E-state index is 11.8. The second-order valence-corrected chi connectivity index (χ2v) is 6.30. The van der Waals surface area contributed by atoms with Gasteiger partial charge in [0.15, 0.2) is 0 Å². The first-order chi connectivity index (χ1) is 10.2. The Morgan fingerprint density at radius 3 is 2.86 bits per heavy atom. The molecule has 5 heteroatoms. The van der Waals surface area contributed by atoms with Gasteiger partial charge >= 0.3 is 4.87 Å². The van der Waals surface area contributed by atoms with Crippen LogP contribution in [0.3, 0.4) is 0 Å². The summed E-state index contributed by atoms with van der Waals surface area (Å²) in [6, 6.07) is 8.37. The van der Waals surface area contributed by atoms with Gasteiger partial charge in [-0.3, -0.25) is 9.69 Å². The van der Waals surface area contributed by atoms with Gasteiger partial charge < -0.3 is 9.67 Å². The van der Waals surface area contributed by atoms with Crippen molar-refractivity contribution < 1.29 is 5.11 Å². The molecule has 4 nitrogen and oxygen atoms in total. The topological polar surface area (TPSA) is 45.5 Å². The van der Waals surface area contributed by atoms with Crippen LogP contribution in [0.5, 0.6) is 0 Å². The molecule has 0 spiro atoms. The number of benzene rings is 1. The smallest absolute Gasteiger partial charge is 0.307 e. The Bertz CT molecular complexity index is 677. The molecule has 3 rings (SSSR count). The zero-order valence-corrected chi connectivity index (χ0v) is 13.0. The summed E-state index contributed by atoms with van der Waals surface area (Å²) in [4.78, 5) is 14.2. The first-order valence-corrected chi connectivity index (χ1v) is 8.16. The van der Waals surface area contributed by atoms with E-state index in [-0.39, 0.29) is 17.5 Å². The molecule has 2 heterocycles. The molecule has 21 heavy (non-hydrogen) atoms. The summed E-state index contributed by atoms with van der Waals surface area (Å²) in [7, 11) is 0. The summed E-state index contributed by atoms with van der Waals surface area (Å²) in [5.74, 6) is 0. The predicted molar refractivity (Wildman–Crippen MR) is 84.9 cm³/mol. The van der Waals surface area contributed by atoms with E-state index in [0.717, 1.165) is 25.2 Å². The van der Waals surface area contributed by atoms with E-state index in [1.165, 1.54) is 22.5 Å². The summed E-state index contributed by atoms with van der Waals surface area (Å²) >= 11 is 1.25. The van der Waals surface area contributed by atoms with Gasteiger partial charge in [0.1, 0.15) is 0 Å². The molecule has 0 saturated carbocycles. The molecule has 112 valence electrons. The SMILES string of the molecule is Cc1csc(=O)n1CCN1CCc2ccccc2C1CO. The molecule has 1 unspecified atom stereocenters. The average Bonchev–Trinajstić information content (AvgIpc) is 2.83. The van der Waals surface area contributed by atoms with E-state index in [1.54, 1.807) is 0 Å². The van der Waals surface area contributed by atoms with E-state index < -0.39 is 0 Å². The highest BCUT2D eigenvalue weighted by Crippen LogP contribution is 2.28. The summed E-state index contributed by atoms with van der Waals surface area (Å²) < 4.78 is 1.82. The number of aliphatic hydroxyl groups is 1. The van der Waals surface area contributed by atoms with Gasteiger partial charge in [-0.15, -0.1) is 0 Å². The number of aliphatic hydroxyl groups excluding tert-OH is 1. The van der Waals surface area contributed by atoms with Crippen LogP contribution in [0.4, 0.5) is 0 Å². The number of fused-ring (bicyclic) bond motifs is 1.